The summed E-state index contributed by atoms with van der Waals surface area (Å²) in [6.07, 6.45) is 3.54. The van der Waals surface area contributed by atoms with Crippen molar-refractivity contribution in [3.05, 3.63) is 42.0 Å². The van der Waals surface area contributed by atoms with Crippen LogP contribution in [0.2, 0.25) is 0 Å². The molecule has 1 aromatic carbocycles. The molecule has 6 heteroatoms. The second-order valence-corrected chi connectivity index (χ2v) is 5.55. The van der Waals surface area contributed by atoms with Crippen molar-refractivity contribution in [2.75, 3.05) is 0 Å². The van der Waals surface area contributed by atoms with Crippen LogP contribution in [0, 0.1) is 6.92 Å². The predicted molar refractivity (Wildman–Crippen MR) is 78.8 cm³/mol. The Hall–Kier alpha value is -1.88. The van der Waals surface area contributed by atoms with Crippen LogP contribution in [0.15, 0.2) is 30.6 Å². The molecule has 2 heterocycles. The van der Waals surface area contributed by atoms with E-state index in [4.69, 9.17) is 11.6 Å². The molecule has 0 fully saturated rings. The average molecular weight is 290 g/mol. The van der Waals surface area contributed by atoms with Gasteiger partial charge < -0.3 is 4.57 Å². The van der Waals surface area contributed by atoms with Crippen LogP contribution >= 0.6 is 11.6 Å². The SMILES string of the molecule is Cc1ccc2c(c1)nc(C(C)Cl)n2CCn1ccnn1. The molecule has 5 nitrogen and oxygen atoms in total. The minimum atomic E-state index is -0.126. The van der Waals surface area contributed by atoms with Crippen LogP contribution in [-0.2, 0) is 13.1 Å². The van der Waals surface area contributed by atoms with Crippen molar-refractivity contribution in [1.82, 2.24) is 24.5 Å². The second kappa shape index (κ2) is 5.25. The minimum Gasteiger partial charge on any atom is -0.325 e. The number of fused-ring (bicyclic) bond motifs is 1. The van der Waals surface area contributed by atoms with E-state index in [0.29, 0.717) is 0 Å². The molecule has 2 aromatic heterocycles. The van der Waals surface area contributed by atoms with Crippen molar-refractivity contribution in [3.8, 4) is 0 Å². The Labute approximate surface area is 122 Å². The number of hydrogen-bond donors (Lipinski definition) is 0. The van der Waals surface area contributed by atoms with E-state index in [1.165, 1.54) is 5.56 Å². The molecular weight excluding hydrogens is 274 g/mol. The zero-order valence-electron chi connectivity index (χ0n) is 11.5. The summed E-state index contributed by atoms with van der Waals surface area (Å²) < 4.78 is 3.97. The molecule has 0 aliphatic carbocycles. The summed E-state index contributed by atoms with van der Waals surface area (Å²) >= 11 is 6.26. The molecule has 3 aromatic rings. The van der Waals surface area contributed by atoms with Crippen LogP contribution < -0.4 is 0 Å². The van der Waals surface area contributed by atoms with Crippen molar-refractivity contribution in [3.63, 3.8) is 0 Å². The van der Waals surface area contributed by atoms with E-state index in [-0.39, 0.29) is 5.38 Å². The highest BCUT2D eigenvalue weighted by atomic mass is 35.5. The first-order valence-corrected chi connectivity index (χ1v) is 7.04. The summed E-state index contributed by atoms with van der Waals surface area (Å²) in [4.78, 5) is 4.66. The van der Waals surface area contributed by atoms with E-state index >= 15 is 0 Å². The normalized spacial score (nSPS) is 12.9. The second-order valence-electron chi connectivity index (χ2n) is 4.90. The molecule has 0 aliphatic heterocycles. The van der Waals surface area contributed by atoms with Crippen LogP contribution in [0.4, 0.5) is 0 Å². The summed E-state index contributed by atoms with van der Waals surface area (Å²) in [5.41, 5.74) is 3.30. The Morgan fingerprint density at radius 2 is 2.15 bits per heavy atom. The van der Waals surface area contributed by atoms with Crippen molar-refractivity contribution >= 4 is 22.6 Å². The Morgan fingerprint density at radius 1 is 1.30 bits per heavy atom. The molecule has 1 atom stereocenters. The molecule has 0 saturated heterocycles. The number of aromatic nitrogens is 5. The fourth-order valence-corrected chi connectivity index (χ4v) is 2.52. The maximum Gasteiger partial charge on any atom is 0.127 e. The van der Waals surface area contributed by atoms with Gasteiger partial charge in [-0.05, 0) is 31.5 Å². The topological polar surface area (TPSA) is 48.5 Å². The van der Waals surface area contributed by atoms with Gasteiger partial charge in [-0.3, -0.25) is 4.68 Å². The first-order chi connectivity index (χ1) is 9.65. The molecule has 104 valence electrons. The molecule has 3 rings (SSSR count). The molecule has 20 heavy (non-hydrogen) atoms. The molecular formula is C14H16ClN5. The summed E-state index contributed by atoms with van der Waals surface area (Å²) in [7, 11) is 0. The van der Waals surface area contributed by atoms with Gasteiger partial charge in [-0.2, -0.15) is 0 Å². The Bertz CT molecular complexity index is 715. The molecule has 0 aliphatic rings. The number of aryl methyl sites for hydroxylation is 3. The first-order valence-electron chi connectivity index (χ1n) is 6.60. The molecule has 0 radical (unpaired) electrons. The number of hydrogen-bond acceptors (Lipinski definition) is 3. The fourth-order valence-electron chi connectivity index (χ4n) is 2.35. The standard InChI is InChI=1S/C14H16ClN5/c1-10-3-4-13-12(9-10)17-14(11(2)15)20(13)8-7-19-6-5-16-18-19/h3-6,9,11H,7-8H2,1-2H3. The number of rotatable bonds is 4. The van der Waals surface area contributed by atoms with Gasteiger partial charge in [0.2, 0.25) is 0 Å². The smallest absolute Gasteiger partial charge is 0.127 e. The van der Waals surface area contributed by atoms with E-state index in [1.54, 1.807) is 6.20 Å². The third kappa shape index (κ3) is 2.41. The third-order valence-corrected chi connectivity index (χ3v) is 3.51. The zero-order chi connectivity index (χ0) is 14.1. The van der Waals surface area contributed by atoms with Crippen LogP contribution in [0.25, 0.3) is 11.0 Å². The lowest BCUT2D eigenvalue weighted by Crippen LogP contribution is -2.11. The molecule has 1 unspecified atom stereocenters. The molecule has 0 spiro atoms. The lowest BCUT2D eigenvalue weighted by Gasteiger charge is -2.10. The summed E-state index contributed by atoms with van der Waals surface area (Å²) in [5, 5.41) is 7.67. The third-order valence-electron chi connectivity index (χ3n) is 3.31. The average Bonchev–Trinajstić information content (AvgIpc) is 3.02. The highest BCUT2D eigenvalue weighted by Crippen LogP contribution is 2.25. The maximum atomic E-state index is 6.26. The van der Waals surface area contributed by atoms with Crippen molar-refractivity contribution in [1.29, 1.82) is 0 Å². The van der Waals surface area contributed by atoms with Crippen molar-refractivity contribution in [2.24, 2.45) is 0 Å². The fraction of sp³-hybridized carbons (Fsp3) is 0.357. The monoisotopic (exact) mass is 289 g/mol. The Balaban J connectivity index is 2.00. The summed E-state index contributed by atoms with van der Waals surface area (Å²) in [6.45, 7) is 5.53. The van der Waals surface area contributed by atoms with E-state index in [1.807, 2.05) is 17.8 Å². The highest BCUT2D eigenvalue weighted by Gasteiger charge is 2.14. The minimum absolute atomic E-state index is 0.126. The quantitative estimate of drug-likeness (QED) is 0.694. The van der Waals surface area contributed by atoms with Crippen LogP contribution in [0.5, 0.6) is 0 Å². The van der Waals surface area contributed by atoms with Gasteiger partial charge in [0.1, 0.15) is 5.82 Å². The van der Waals surface area contributed by atoms with Crippen molar-refractivity contribution < 1.29 is 0 Å². The van der Waals surface area contributed by atoms with Gasteiger partial charge in [0, 0.05) is 12.7 Å². The van der Waals surface area contributed by atoms with Gasteiger partial charge in [-0.1, -0.05) is 11.3 Å². The van der Waals surface area contributed by atoms with E-state index in [0.717, 1.165) is 29.9 Å². The molecule has 0 bridgehead atoms. The van der Waals surface area contributed by atoms with Crippen LogP contribution in [0.3, 0.4) is 0 Å². The number of benzene rings is 1. The number of halogens is 1. The molecule has 0 amide bonds. The van der Waals surface area contributed by atoms with E-state index in [2.05, 4.69) is 45.0 Å². The van der Waals surface area contributed by atoms with Gasteiger partial charge in [0.05, 0.1) is 29.2 Å². The van der Waals surface area contributed by atoms with Gasteiger partial charge >= 0.3 is 0 Å². The van der Waals surface area contributed by atoms with E-state index < -0.39 is 0 Å². The number of nitrogens with zero attached hydrogens (tertiary/aromatic N) is 5. The van der Waals surface area contributed by atoms with Crippen LogP contribution in [0.1, 0.15) is 23.7 Å². The van der Waals surface area contributed by atoms with Gasteiger partial charge in [-0.15, -0.1) is 16.7 Å². The van der Waals surface area contributed by atoms with Crippen molar-refractivity contribution in [2.45, 2.75) is 32.3 Å². The summed E-state index contributed by atoms with van der Waals surface area (Å²) in [6, 6.07) is 6.28. The number of imidazole rings is 1. The number of alkyl halides is 1. The summed E-state index contributed by atoms with van der Waals surface area (Å²) in [5.74, 6) is 0.896. The maximum absolute atomic E-state index is 6.26. The zero-order valence-corrected chi connectivity index (χ0v) is 12.2. The predicted octanol–water partition coefficient (Wildman–Crippen LogP) is 2.94. The Morgan fingerprint density at radius 3 is 2.85 bits per heavy atom. The van der Waals surface area contributed by atoms with Gasteiger partial charge in [0.15, 0.2) is 0 Å². The lowest BCUT2D eigenvalue weighted by atomic mass is 10.2. The van der Waals surface area contributed by atoms with E-state index in [9.17, 15) is 0 Å². The van der Waals surface area contributed by atoms with Gasteiger partial charge in [0.25, 0.3) is 0 Å². The van der Waals surface area contributed by atoms with Crippen LogP contribution in [-0.4, -0.2) is 24.5 Å². The van der Waals surface area contributed by atoms with Gasteiger partial charge in [-0.25, -0.2) is 4.98 Å². The largest absolute Gasteiger partial charge is 0.325 e. The Kier molecular flexibility index (Phi) is 3.44. The lowest BCUT2D eigenvalue weighted by molar-refractivity contribution is 0.515. The first kappa shape index (κ1) is 13.1. The molecule has 0 saturated carbocycles. The molecule has 0 N–H and O–H groups in total. The highest BCUT2D eigenvalue weighted by molar-refractivity contribution is 6.20.